The van der Waals surface area contributed by atoms with Gasteiger partial charge in [0.2, 0.25) is 11.8 Å². The van der Waals surface area contributed by atoms with Gasteiger partial charge in [0.15, 0.2) is 0 Å². The molecule has 6 heterocycles. The number of nitrogen functional groups attached to an aromatic ring is 1. The van der Waals surface area contributed by atoms with Crippen LogP contribution in [0.25, 0.3) is 0 Å². The topological polar surface area (TPSA) is 105 Å². The minimum Gasteiger partial charge on any atom is -0.397 e. The van der Waals surface area contributed by atoms with Gasteiger partial charge < -0.3 is 25.3 Å². The Bertz CT molecular complexity index is 1460. The van der Waals surface area contributed by atoms with Crippen molar-refractivity contribution in [2.24, 2.45) is 5.92 Å². The average molecular weight is 668 g/mol. The summed E-state index contributed by atoms with van der Waals surface area (Å²) in [6.07, 6.45) is 5.29. The fourth-order valence-electron chi connectivity index (χ4n) is 8.55. The van der Waals surface area contributed by atoms with Crippen LogP contribution < -0.4 is 11.1 Å². The van der Waals surface area contributed by atoms with Crippen molar-refractivity contribution in [2.75, 3.05) is 57.4 Å². The van der Waals surface area contributed by atoms with Gasteiger partial charge in [-0.1, -0.05) is 17.7 Å². The van der Waals surface area contributed by atoms with Crippen molar-refractivity contribution in [3.63, 3.8) is 0 Å². The number of amides is 4. The first kappa shape index (κ1) is 31.7. The lowest BCUT2D eigenvalue weighted by atomic mass is 9.91. The molecule has 3 atom stereocenters. The highest BCUT2D eigenvalue weighted by atomic mass is 35.5. The number of carbonyl (C=O) groups excluding carboxylic acids is 3. The minimum atomic E-state index is -0.470. The number of benzene rings is 1. The van der Waals surface area contributed by atoms with Gasteiger partial charge in [-0.2, -0.15) is 0 Å². The maximum absolute atomic E-state index is 14.2. The molecule has 0 radical (unpaired) electrons. The number of hydrogen-bond acceptors (Lipinski definition) is 7. The highest BCUT2D eigenvalue weighted by Gasteiger charge is 2.45. The lowest BCUT2D eigenvalue weighted by molar-refractivity contribution is -0.143. The first-order chi connectivity index (χ1) is 22.1. The zero-order valence-corrected chi connectivity index (χ0v) is 28.5. The van der Waals surface area contributed by atoms with E-state index in [2.05, 4.69) is 28.2 Å². The van der Waals surface area contributed by atoms with Crippen molar-refractivity contribution in [1.29, 1.82) is 0 Å². The Morgan fingerprint density at radius 3 is 2.41 bits per heavy atom. The number of hydrogen-bond donors (Lipinski definition) is 2. The molecule has 1 aromatic heterocycles. The smallest absolute Gasteiger partial charge is 0.323 e. The third-order valence-corrected chi connectivity index (χ3v) is 12.5. The Hall–Kier alpha value is -2.86. The number of nitrogens with one attached hydrogen (secondary N) is 1. The van der Waals surface area contributed by atoms with Crippen molar-refractivity contribution in [3.8, 4) is 0 Å². The molecule has 46 heavy (non-hydrogen) atoms. The number of likely N-dealkylation sites (N-methyl/N-ethyl adjacent to an activating group) is 1. The van der Waals surface area contributed by atoms with E-state index in [0.29, 0.717) is 54.9 Å². The van der Waals surface area contributed by atoms with E-state index in [9.17, 15) is 14.4 Å². The second-order valence-corrected chi connectivity index (χ2v) is 15.4. The SMILES string of the molecule is Cc1cc(C[C@@H](CC(=O)N2CCC(N3Cc4ccsc4NC3=O)CC2)C(=O)N2CCC(N3CC4CC3CN4C)CC2)cc(Cl)c1N. The van der Waals surface area contributed by atoms with Crippen LogP contribution in [-0.2, 0) is 22.6 Å². The molecule has 7 rings (SSSR count). The van der Waals surface area contributed by atoms with Crippen LogP contribution in [0.4, 0.5) is 15.5 Å². The number of likely N-dealkylation sites (tertiary alicyclic amines) is 4. The molecule has 0 saturated carbocycles. The van der Waals surface area contributed by atoms with Gasteiger partial charge in [0.25, 0.3) is 0 Å². The molecule has 12 heteroatoms. The van der Waals surface area contributed by atoms with E-state index in [0.717, 1.165) is 73.6 Å². The molecule has 0 spiro atoms. The predicted molar refractivity (Wildman–Crippen MR) is 182 cm³/mol. The van der Waals surface area contributed by atoms with Crippen molar-refractivity contribution < 1.29 is 14.4 Å². The molecule has 10 nitrogen and oxygen atoms in total. The van der Waals surface area contributed by atoms with E-state index in [1.54, 1.807) is 11.3 Å². The van der Waals surface area contributed by atoms with Crippen LogP contribution in [0.1, 0.15) is 55.2 Å². The number of nitrogens with two attached hydrogens (primary N) is 1. The van der Waals surface area contributed by atoms with Gasteiger partial charge in [-0.15, -0.1) is 11.3 Å². The minimum absolute atomic E-state index is 0.00498. The van der Waals surface area contributed by atoms with Gasteiger partial charge >= 0.3 is 6.03 Å². The monoisotopic (exact) mass is 667 g/mol. The maximum Gasteiger partial charge on any atom is 0.323 e. The number of halogens is 1. The fourth-order valence-corrected chi connectivity index (χ4v) is 9.64. The number of nitrogens with zero attached hydrogens (tertiary/aromatic N) is 5. The third-order valence-electron chi connectivity index (χ3n) is 11.3. The summed E-state index contributed by atoms with van der Waals surface area (Å²) < 4.78 is 0. The molecule has 4 fully saturated rings. The molecular weight excluding hydrogens is 622 g/mol. The van der Waals surface area contributed by atoms with E-state index in [-0.39, 0.29) is 30.3 Å². The summed E-state index contributed by atoms with van der Waals surface area (Å²) in [5.74, 6) is -0.404. The fraction of sp³-hybridized carbons (Fsp3) is 0.618. The summed E-state index contributed by atoms with van der Waals surface area (Å²) in [4.78, 5) is 51.7. The highest BCUT2D eigenvalue weighted by Crippen LogP contribution is 2.35. The van der Waals surface area contributed by atoms with Crippen LogP contribution in [0.2, 0.25) is 5.02 Å². The van der Waals surface area contributed by atoms with Gasteiger partial charge in [0, 0.05) is 75.4 Å². The molecule has 3 N–H and O–H groups in total. The second kappa shape index (κ2) is 13.0. The van der Waals surface area contributed by atoms with E-state index >= 15 is 0 Å². The number of fused-ring (bicyclic) bond motifs is 3. The van der Waals surface area contributed by atoms with Gasteiger partial charge in [-0.3, -0.25) is 19.8 Å². The van der Waals surface area contributed by atoms with Gasteiger partial charge in [0.05, 0.1) is 23.2 Å². The highest BCUT2D eigenvalue weighted by molar-refractivity contribution is 7.14. The number of anilines is 2. The number of piperidine rings is 2. The number of rotatable bonds is 7. The number of piperazine rings is 1. The quantitative estimate of drug-likeness (QED) is 0.428. The molecule has 248 valence electrons. The molecule has 5 aliphatic rings. The Morgan fingerprint density at radius 1 is 1.02 bits per heavy atom. The molecule has 0 aliphatic carbocycles. The Balaban J connectivity index is 0.990. The molecule has 4 saturated heterocycles. The van der Waals surface area contributed by atoms with E-state index < -0.39 is 5.92 Å². The second-order valence-electron chi connectivity index (χ2n) is 14.1. The Labute approximate surface area is 280 Å². The zero-order valence-electron chi connectivity index (χ0n) is 26.9. The van der Waals surface area contributed by atoms with Crippen LogP contribution in [0.5, 0.6) is 0 Å². The van der Waals surface area contributed by atoms with Crippen molar-refractivity contribution in [1.82, 2.24) is 24.5 Å². The summed E-state index contributed by atoms with van der Waals surface area (Å²) in [6, 6.07) is 7.77. The maximum atomic E-state index is 14.2. The van der Waals surface area contributed by atoms with E-state index in [4.69, 9.17) is 17.3 Å². The van der Waals surface area contributed by atoms with Crippen LogP contribution in [0, 0.1) is 12.8 Å². The van der Waals surface area contributed by atoms with Crippen molar-refractivity contribution in [2.45, 2.75) is 82.6 Å². The number of carbonyl (C=O) groups is 3. The van der Waals surface area contributed by atoms with Crippen LogP contribution in [0.15, 0.2) is 23.6 Å². The summed E-state index contributed by atoms with van der Waals surface area (Å²) in [6.45, 7) is 7.44. The summed E-state index contributed by atoms with van der Waals surface area (Å²) >= 11 is 8.00. The largest absolute Gasteiger partial charge is 0.397 e. The van der Waals surface area contributed by atoms with Gasteiger partial charge in [0.1, 0.15) is 5.00 Å². The summed E-state index contributed by atoms with van der Waals surface area (Å²) in [5.41, 5.74) is 9.62. The normalized spacial score (nSPS) is 25.2. The molecular formula is C34H46ClN7O3S. The first-order valence-corrected chi connectivity index (χ1v) is 18.1. The van der Waals surface area contributed by atoms with Crippen molar-refractivity contribution >= 4 is 51.5 Å². The van der Waals surface area contributed by atoms with E-state index in [1.165, 1.54) is 6.42 Å². The average Bonchev–Trinajstić information content (AvgIpc) is 3.78. The van der Waals surface area contributed by atoms with Crippen molar-refractivity contribution in [3.05, 3.63) is 45.3 Å². The Kier molecular flexibility index (Phi) is 8.95. The molecule has 5 aliphatic heterocycles. The van der Waals surface area contributed by atoms with E-state index in [1.807, 2.05) is 39.1 Å². The molecule has 2 aromatic rings. The third kappa shape index (κ3) is 6.23. The number of thiophene rings is 1. The number of aryl methyl sites for hydroxylation is 1. The van der Waals surface area contributed by atoms with Crippen LogP contribution >= 0.6 is 22.9 Å². The van der Waals surface area contributed by atoms with Crippen LogP contribution in [-0.4, -0.2) is 113 Å². The lowest BCUT2D eigenvalue weighted by Crippen LogP contribution is -2.54. The molecule has 1 aromatic carbocycles. The molecule has 4 amide bonds. The summed E-state index contributed by atoms with van der Waals surface area (Å²) in [7, 11) is 2.23. The summed E-state index contributed by atoms with van der Waals surface area (Å²) in [5, 5.41) is 6.43. The first-order valence-electron chi connectivity index (χ1n) is 16.9. The van der Waals surface area contributed by atoms with Gasteiger partial charge in [-0.25, -0.2) is 4.79 Å². The zero-order chi connectivity index (χ0) is 32.1. The predicted octanol–water partition coefficient (Wildman–Crippen LogP) is 4.26. The standard InChI is InChI=1S/C34H46ClN7O3S/c1-21-13-22(15-29(35)31(21)36)14-24(33(44)40-10-5-25(6-11-40)41-20-27-17-28(41)19-38(27)2)16-30(43)39-8-3-26(4-9-39)42-18-23-7-12-46-32(23)37-34(42)45/h7,12-13,15,24-28H,3-6,8-11,14,16-20,36H2,1-2H3,(H,37,45)/t24-,27?,28?/m0/s1. The van der Waals surface area contributed by atoms with Gasteiger partial charge in [-0.05, 0) is 81.1 Å². The molecule has 2 unspecified atom stereocenters. The van der Waals surface area contributed by atoms with Crippen LogP contribution in [0.3, 0.4) is 0 Å². The molecule has 2 bridgehead atoms. The lowest BCUT2D eigenvalue weighted by Gasteiger charge is -2.42. The Morgan fingerprint density at radius 2 is 1.74 bits per heavy atom. The number of urea groups is 1.